The topological polar surface area (TPSA) is 104 Å². The monoisotopic (exact) mass is 575 g/mol. The Balaban J connectivity index is 1.43. The zero-order chi connectivity index (χ0) is 28.8. The molecular formula is C32H34ClN3O5. The van der Waals surface area contributed by atoms with Crippen molar-refractivity contribution in [2.75, 3.05) is 19.8 Å². The Bertz CT molecular complexity index is 1670. The van der Waals surface area contributed by atoms with E-state index >= 15 is 0 Å². The lowest BCUT2D eigenvalue weighted by molar-refractivity contribution is 0.0880. The van der Waals surface area contributed by atoms with Gasteiger partial charge in [-0.3, -0.25) is 19.8 Å². The van der Waals surface area contributed by atoms with Crippen LogP contribution in [0.1, 0.15) is 60.2 Å². The maximum atomic E-state index is 13.2. The molecule has 3 N–H and O–H groups in total. The number of ether oxygens (including phenoxy) is 1. The van der Waals surface area contributed by atoms with Gasteiger partial charge in [-0.25, -0.2) is 0 Å². The minimum Gasteiger partial charge on any atom is -0.504 e. The molecule has 0 saturated carbocycles. The Morgan fingerprint density at radius 1 is 0.976 bits per heavy atom. The van der Waals surface area contributed by atoms with Crippen LogP contribution in [0.25, 0.3) is 32.9 Å². The predicted molar refractivity (Wildman–Crippen MR) is 160 cm³/mol. The maximum Gasteiger partial charge on any atom is 0.259 e. The molecule has 1 saturated heterocycles. The summed E-state index contributed by atoms with van der Waals surface area (Å²) in [5.74, 6) is -0.712. The van der Waals surface area contributed by atoms with Crippen LogP contribution in [0.3, 0.4) is 0 Å². The van der Waals surface area contributed by atoms with E-state index in [0.717, 1.165) is 13.0 Å². The summed E-state index contributed by atoms with van der Waals surface area (Å²) in [6.07, 6.45) is 4.51. The van der Waals surface area contributed by atoms with Crippen LogP contribution >= 0.6 is 11.6 Å². The quantitative estimate of drug-likeness (QED) is 0.183. The summed E-state index contributed by atoms with van der Waals surface area (Å²) in [7, 11) is 0. The normalized spacial score (nSPS) is 19.2. The molecule has 0 bridgehead atoms. The van der Waals surface area contributed by atoms with Crippen molar-refractivity contribution in [3.63, 3.8) is 0 Å². The van der Waals surface area contributed by atoms with E-state index in [1.54, 1.807) is 24.3 Å². The largest absolute Gasteiger partial charge is 0.504 e. The molecule has 9 heteroatoms. The Morgan fingerprint density at radius 3 is 2.44 bits per heavy atom. The van der Waals surface area contributed by atoms with E-state index in [4.69, 9.17) is 16.3 Å². The van der Waals surface area contributed by atoms with Crippen molar-refractivity contribution in [3.05, 3.63) is 58.6 Å². The fourth-order valence-corrected chi connectivity index (χ4v) is 6.89. The molecule has 0 spiro atoms. The number of hydrogen-bond donors (Lipinski definition) is 3. The molecule has 41 heavy (non-hydrogen) atoms. The molecule has 1 fully saturated rings. The zero-order valence-corrected chi connectivity index (χ0v) is 24.0. The molecule has 8 nitrogen and oxygen atoms in total. The molecule has 0 radical (unpaired) electrons. The SMILES string of the molecule is CC1CCCC(C)N1CCCOc1cc2c(cc1O)c1c3c(c(-c4ccccc4Cl)cc1n2CCO)C(=O)NC3=O. The number of halogens is 1. The first-order valence-corrected chi connectivity index (χ1v) is 14.6. The van der Waals surface area contributed by atoms with Gasteiger partial charge >= 0.3 is 0 Å². The number of likely N-dealkylation sites (tertiary alicyclic amines) is 1. The van der Waals surface area contributed by atoms with Gasteiger partial charge in [-0.1, -0.05) is 36.2 Å². The number of imide groups is 1. The van der Waals surface area contributed by atoms with E-state index in [0.29, 0.717) is 62.4 Å². The molecule has 1 aromatic heterocycles. The molecular weight excluding hydrogens is 542 g/mol. The van der Waals surface area contributed by atoms with Crippen molar-refractivity contribution in [2.24, 2.45) is 0 Å². The molecule has 3 heterocycles. The van der Waals surface area contributed by atoms with Gasteiger partial charge in [0.1, 0.15) is 0 Å². The average molecular weight is 576 g/mol. The lowest BCUT2D eigenvalue weighted by Crippen LogP contribution is -2.44. The highest BCUT2D eigenvalue weighted by atomic mass is 35.5. The summed E-state index contributed by atoms with van der Waals surface area (Å²) in [5, 5.41) is 25.0. The van der Waals surface area contributed by atoms with Gasteiger partial charge in [0.2, 0.25) is 0 Å². The standard InChI is InChI=1S/C32H34ClN3O5/c1-18-7-5-8-19(2)35(18)11-6-14-41-27-17-24-22(16-26(27)38)28-25(36(24)12-13-37)15-21(20-9-3-4-10-23(20)33)29-30(28)32(40)34-31(29)39/h3-4,9-10,15-19,37-38H,5-8,11-14H2,1-2H3,(H,34,39,40). The first-order chi connectivity index (χ1) is 19.8. The number of nitrogens with one attached hydrogen (secondary N) is 1. The highest BCUT2D eigenvalue weighted by molar-refractivity contribution is 6.36. The van der Waals surface area contributed by atoms with Crippen molar-refractivity contribution in [1.82, 2.24) is 14.8 Å². The Kier molecular flexibility index (Phi) is 7.40. The molecule has 2 atom stereocenters. The average Bonchev–Trinajstić information content (AvgIpc) is 3.40. The van der Waals surface area contributed by atoms with Gasteiger partial charge in [-0.05, 0) is 56.9 Å². The number of fused-ring (bicyclic) bond motifs is 5. The van der Waals surface area contributed by atoms with Gasteiger partial charge in [-0.15, -0.1) is 0 Å². The summed E-state index contributed by atoms with van der Waals surface area (Å²) < 4.78 is 7.97. The fraction of sp³-hybridized carbons (Fsp3) is 0.375. The molecule has 2 aliphatic rings. The predicted octanol–water partition coefficient (Wildman–Crippen LogP) is 5.73. The van der Waals surface area contributed by atoms with Gasteiger partial charge in [0.25, 0.3) is 11.8 Å². The van der Waals surface area contributed by atoms with E-state index < -0.39 is 11.8 Å². The molecule has 3 aromatic carbocycles. The zero-order valence-electron chi connectivity index (χ0n) is 23.2. The lowest BCUT2D eigenvalue weighted by Gasteiger charge is -2.39. The molecule has 2 aliphatic heterocycles. The molecule has 2 amide bonds. The Hall–Kier alpha value is -3.59. The number of rotatable bonds is 8. The smallest absolute Gasteiger partial charge is 0.259 e. The third-order valence-electron chi connectivity index (χ3n) is 8.60. The van der Waals surface area contributed by atoms with Crippen molar-refractivity contribution >= 4 is 45.2 Å². The van der Waals surface area contributed by atoms with Gasteiger partial charge in [-0.2, -0.15) is 0 Å². The molecule has 2 unspecified atom stereocenters. The first-order valence-electron chi connectivity index (χ1n) is 14.3. The number of aliphatic hydroxyl groups excluding tert-OH is 1. The minimum atomic E-state index is -0.507. The van der Waals surface area contributed by atoms with Gasteiger partial charge in [0.05, 0.1) is 35.4 Å². The number of aromatic hydroxyl groups is 1. The van der Waals surface area contributed by atoms with Crippen LogP contribution < -0.4 is 10.1 Å². The number of nitrogens with zero attached hydrogens (tertiary/aromatic N) is 2. The number of piperidine rings is 1. The van der Waals surface area contributed by atoms with Crippen molar-refractivity contribution in [3.8, 4) is 22.6 Å². The number of aliphatic hydroxyl groups is 1. The summed E-state index contributed by atoms with van der Waals surface area (Å²) in [6, 6.07) is 13.5. The van der Waals surface area contributed by atoms with Crippen LogP contribution in [0.5, 0.6) is 11.5 Å². The van der Waals surface area contributed by atoms with E-state index in [9.17, 15) is 19.8 Å². The molecule has 6 rings (SSSR count). The number of aromatic nitrogens is 1. The molecule has 4 aromatic rings. The van der Waals surface area contributed by atoms with E-state index in [2.05, 4.69) is 24.1 Å². The summed E-state index contributed by atoms with van der Waals surface area (Å²) in [5.41, 5.74) is 2.98. The van der Waals surface area contributed by atoms with Crippen molar-refractivity contribution < 1.29 is 24.5 Å². The third kappa shape index (κ3) is 4.74. The van der Waals surface area contributed by atoms with Crippen LogP contribution in [-0.2, 0) is 6.54 Å². The van der Waals surface area contributed by atoms with E-state index in [1.807, 2.05) is 22.8 Å². The Morgan fingerprint density at radius 2 is 1.71 bits per heavy atom. The van der Waals surface area contributed by atoms with Crippen molar-refractivity contribution in [2.45, 2.75) is 58.2 Å². The summed E-state index contributed by atoms with van der Waals surface area (Å²) >= 11 is 6.53. The van der Waals surface area contributed by atoms with Crippen LogP contribution in [0.15, 0.2) is 42.5 Å². The number of hydrogen-bond acceptors (Lipinski definition) is 6. The number of amides is 2. The van der Waals surface area contributed by atoms with Gasteiger partial charge in [0.15, 0.2) is 11.5 Å². The number of benzene rings is 3. The van der Waals surface area contributed by atoms with Crippen LogP contribution in [0, 0.1) is 0 Å². The molecule has 0 aliphatic carbocycles. The van der Waals surface area contributed by atoms with Gasteiger partial charge in [0, 0.05) is 52.6 Å². The first kappa shape index (κ1) is 27.6. The number of phenols is 1. The summed E-state index contributed by atoms with van der Waals surface area (Å²) in [4.78, 5) is 28.7. The maximum absolute atomic E-state index is 13.2. The number of carbonyl (C=O) groups excluding carboxylic acids is 2. The summed E-state index contributed by atoms with van der Waals surface area (Å²) in [6.45, 7) is 6.02. The number of carbonyl (C=O) groups is 2. The van der Waals surface area contributed by atoms with E-state index in [1.165, 1.54) is 19.3 Å². The second-order valence-electron chi connectivity index (χ2n) is 11.1. The minimum absolute atomic E-state index is 0.0473. The number of phenolic OH excluding ortho intramolecular Hbond substituents is 1. The van der Waals surface area contributed by atoms with Crippen LogP contribution in [-0.4, -0.2) is 63.3 Å². The van der Waals surface area contributed by atoms with Crippen LogP contribution in [0.2, 0.25) is 5.02 Å². The van der Waals surface area contributed by atoms with Gasteiger partial charge < -0.3 is 19.5 Å². The van der Waals surface area contributed by atoms with Crippen molar-refractivity contribution in [1.29, 1.82) is 0 Å². The second kappa shape index (κ2) is 11.0. The highest BCUT2D eigenvalue weighted by Gasteiger charge is 2.35. The Labute approximate surface area is 243 Å². The molecule has 214 valence electrons. The fourth-order valence-electron chi connectivity index (χ4n) is 6.65. The lowest BCUT2D eigenvalue weighted by atomic mass is 9.93. The van der Waals surface area contributed by atoms with E-state index in [-0.39, 0.29) is 30.0 Å². The second-order valence-corrected chi connectivity index (χ2v) is 11.5. The third-order valence-corrected chi connectivity index (χ3v) is 8.93. The van der Waals surface area contributed by atoms with Crippen LogP contribution in [0.4, 0.5) is 0 Å². The highest BCUT2D eigenvalue weighted by Crippen LogP contribution is 2.44.